The van der Waals surface area contributed by atoms with E-state index in [1.54, 1.807) is 41.5 Å². The van der Waals surface area contributed by atoms with Gasteiger partial charge >= 0.3 is 30.0 Å². The quantitative estimate of drug-likeness (QED) is 0.187. The smallest absolute Gasteiger partial charge is 0.444 e. The van der Waals surface area contributed by atoms with Crippen molar-refractivity contribution in [3.63, 3.8) is 0 Å². The molecule has 0 spiro atoms. The molecule has 51 heavy (non-hydrogen) atoms. The lowest BCUT2D eigenvalue weighted by Crippen LogP contribution is -2.45. The highest BCUT2D eigenvalue weighted by molar-refractivity contribution is 5.94. The van der Waals surface area contributed by atoms with Crippen LogP contribution in [0.5, 0.6) is 0 Å². The van der Waals surface area contributed by atoms with Crippen molar-refractivity contribution in [1.82, 2.24) is 25.5 Å². The minimum atomic E-state index is -4.11. The minimum absolute atomic E-state index is 0.372. The van der Waals surface area contributed by atoms with E-state index in [1.165, 1.54) is 20.8 Å². The zero-order valence-corrected chi connectivity index (χ0v) is 29.7. The molecule has 0 aromatic carbocycles. The molecule has 4 N–H and O–H groups in total. The maximum absolute atomic E-state index is 15.7. The Morgan fingerprint density at radius 2 is 1.31 bits per heavy atom. The molecule has 1 aromatic rings. The average Bonchev–Trinajstić information content (AvgIpc) is 3.18. The molecule has 0 aliphatic carbocycles. The molecule has 19 nitrogen and oxygen atoms in total. The highest BCUT2D eigenvalue weighted by Gasteiger charge is 2.63. The predicted molar refractivity (Wildman–Crippen MR) is 170 cm³/mol. The van der Waals surface area contributed by atoms with Crippen molar-refractivity contribution in [1.29, 1.82) is 0 Å². The Morgan fingerprint density at radius 3 is 1.84 bits per heavy atom. The van der Waals surface area contributed by atoms with Crippen LogP contribution in [-0.2, 0) is 42.8 Å². The van der Waals surface area contributed by atoms with E-state index in [2.05, 4.69) is 26.3 Å². The van der Waals surface area contributed by atoms with Crippen molar-refractivity contribution in [2.45, 2.75) is 103 Å². The van der Waals surface area contributed by atoms with Crippen LogP contribution in [0.3, 0.4) is 0 Å². The van der Waals surface area contributed by atoms with Crippen LogP contribution in [0, 0.1) is 0 Å². The van der Waals surface area contributed by atoms with E-state index >= 15 is 8.78 Å². The molecule has 4 amide bonds. The normalized spacial score (nSPS) is 18.5. The van der Waals surface area contributed by atoms with Crippen LogP contribution in [0.1, 0.15) is 68.5 Å². The van der Waals surface area contributed by atoms with Crippen molar-refractivity contribution in [2.24, 2.45) is 0 Å². The van der Waals surface area contributed by atoms with Gasteiger partial charge in [-0.3, -0.25) is 19.0 Å². The molecule has 2 heterocycles. The molecule has 0 unspecified atom stereocenters. The van der Waals surface area contributed by atoms with Crippen LogP contribution >= 0.6 is 0 Å². The molecule has 286 valence electrons. The summed E-state index contributed by atoms with van der Waals surface area (Å²) in [5, 5.41) is 8.83. The molecule has 0 saturated carbocycles. The summed E-state index contributed by atoms with van der Waals surface area (Å²) in [7, 11) is 0. The second-order valence-electron chi connectivity index (χ2n) is 13.9. The molecule has 1 aliphatic heterocycles. The lowest BCUT2D eigenvalue weighted by atomic mass is 10.1. The predicted octanol–water partition coefficient (Wildman–Crippen LogP) is 1.74. The standard InChI is InChI=1S/C30H44F2N6O13/c1-27(2,3)49-24(43)35-13-19(40)33-12-18(39)34-14-20(41)36-17-10-11-38(23(42)37-17)22-30(31,32)21(48-26(45)51-29(7,8)9)16(47-22)15-46-25(44)50-28(4,5)6/h10-11,16,21-22H,12-15H2,1-9H3,(H,33,40)(H,34,39)(H,35,43)(H,36,37,41,42)/t16-,21-,22-/m1/s1. The molecule has 1 fully saturated rings. The number of amides is 4. The van der Waals surface area contributed by atoms with Gasteiger partial charge in [-0.05, 0) is 68.4 Å². The maximum atomic E-state index is 15.7. The summed E-state index contributed by atoms with van der Waals surface area (Å²) in [4.78, 5) is 88.6. The van der Waals surface area contributed by atoms with Crippen LogP contribution in [-0.4, -0.2) is 107 Å². The molecular weight excluding hydrogens is 690 g/mol. The highest BCUT2D eigenvalue weighted by atomic mass is 19.3. The topological polar surface area (TPSA) is 241 Å². The number of anilines is 1. The van der Waals surface area contributed by atoms with Crippen molar-refractivity contribution in [3.05, 3.63) is 22.7 Å². The third kappa shape index (κ3) is 14.7. The number of nitrogens with zero attached hydrogens (tertiary/aromatic N) is 2. The number of carbonyl (C=O) groups excluding carboxylic acids is 6. The fraction of sp³-hybridized carbons (Fsp3) is 0.667. The lowest BCUT2D eigenvalue weighted by molar-refractivity contribution is -0.149. The fourth-order valence-corrected chi connectivity index (χ4v) is 3.85. The SMILES string of the molecule is CC(C)(C)OC(=O)NCC(=O)NCC(=O)NCC(=O)Nc1ccn([C@@H]2O[C@H](COC(=O)OC(C)(C)C)[C@@H](OC(=O)OC(C)(C)C)C2(F)F)c(=O)n1. The fourth-order valence-electron chi connectivity index (χ4n) is 3.85. The van der Waals surface area contributed by atoms with Gasteiger partial charge in [-0.15, -0.1) is 0 Å². The van der Waals surface area contributed by atoms with Gasteiger partial charge in [0.1, 0.15) is 41.9 Å². The van der Waals surface area contributed by atoms with Gasteiger partial charge in [0.2, 0.25) is 30.1 Å². The first-order valence-electron chi connectivity index (χ1n) is 15.4. The molecule has 1 saturated heterocycles. The van der Waals surface area contributed by atoms with Gasteiger partial charge in [-0.1, -0.05) is 0 Å². The molecular formula is C30H44F2N6O13. The van der Waals surface area contributed by atoms with Gasteiger partial charge in [-0.2, -0.15) is 13.8 Å². The first kappa shape index (κ1) is 42.1. The number of nitrogens with one attached hydrogen (secondary N) is 4. The van der Waals surface area contributed by atoms with Gasteiger partial charge in [0.15, 0.2) is 0 Å². The third-order valence-corrected chi connectivity index (χ3v) is 5.75. The number of hydrogen-bond donors (Lipinski definition) is 4. The number of ether oxygens (including phenoxy) is 6. The third-order valence-electron chi connectivity index (χ3n) is 5.75. The van der Waals surface area contributed by atoms with E-state index in [0.29, 0.717) is 4.57 Å². The lowest BCUT2D eigenvalue weighted by Gasteiger charge is -2.26. The Hall–Kier alpha value is -5.08. The minimum Gasteiger partial charge on any atom is -0.444 e. The van der Waals surface area contributed by atoms with Gasteiger partial charge in [0.05, 0.1) is 13.1 Å². The second kappa shape index (κ2) is 16.8. The summed E-state index contributed by atoms with van der Waals surface area (Å²) in [6.07, 6.45) is -9.34. The van der Waals surface area contributed by atoms with Gasteiger partial charge in [0, 0.05) is 6.20 Å². The Labute approximate surface area is 291 Å². The number of aromatic nitrogens is 2. The van der Waals surface area contributed by atoms with E-state index < -0.39 is 109 Å². The van der Waals surface area contributed by atoms with Crippen LogP contribution in [0.15, 0.2) is 17.1 Å². The van der Waals surface area contributed by atoms with Crippen molar-refractivity contribution in [3.8, 4) is 0 Å². The van der Waals surface area contributed by atoms with Crippen LogP contribution < -0.4 is 27.0 Å². The average molecular weight is 735 g/mol. The molecule has 3 atom stereocenters. The molecule has 21 heteroatoms. The van der Waals surface area contributed by atoms with Crippen molar-refractivity contribution in [2.75, 3.05) is 31.6 Å². The summed E-state index contributed by atoms with van der Waals surface area (Å²) < 4.78 is 62.0. The monoisotopic (exact) mass is 734 g/mol. The zero-order valence-electron chi connectivity index (χ0n) is 29.7. The van der Waals surface area contributed by atoms with E-state index in [9.17, 15) is 33.6 Å². The van der Waals surface area contributed by atoms with Gasteiger partial charge in [-0.25, -0.2) is 19.2 Å². The Morgan fingerprint density at radius 1 is 0.804 bits per heavy atom. The molecule has 1 aromatic heterocycles. The Bertz CT molecular complexity index is 1520. The number of carbonyl (C=O) groups is 6. The van der Waals surface area contributed by atoms with Gasteiger partial charge < -0.3 is 49.7 Å². The second-order valence-corrected chi connectivity index (χ2v) is 13.9. The number of hydrogen-bond acceptors (Lipinski definition) is 14. The molecule has 0 radical (unpaired) electrons. The number of alkyl halides is 2. The molecule has 2 rings (SSSR count). The van der Waals surface area contributed by atoms with Crippen LogP contribution in [0.25, 0.3) is 0 Å². The van der Waals surface area contributed by atoms with E-state index in [1.807, 2.05) is 0 Å². The zero-order chi connectivity index (χ0) is 38.9. The van der Waals surface area contributed by atoms with E-state index in [0.717, 1.165) is 12.3 Å². The van der Waals surface area contributed by atoms with Crippen LogP contribution in [0.2, 0.25) is 0 Å². The Kier molecular flexibility index (Phi) is 13.8. The molecule has 1 aliphatic rings. The van der Waals surface area contributed by atoms with E-state index in [-0.39, 0.29) is 5.82 Å². The summed E-state index contributed by atoms with van der Waals surface area (Å²) >= 11 is 0. The summed E-state index contributed by atoms with van der Waals surface area (Å²) in [6, 6.07) is 0.979. The number of alkyl carbamates (subject to hydrolysis) is 1. The summed E-state index contributed by atoms with van der Waals surface area (Å²) in [5.41, 5.74) is -4.19. The number of halogens is 2. The Balaban J connectivity index is 2.03. The van der Waals surface area contributed by atoms with Crippen molar-refractivity contribution < 1.29 is 66.0 Å². The van der Waals surface area contributed by atoms with Crippen LogP contribution in [0.4, 0.5) is 29.0 Å². The van der Waals surface area contributed by atoms with Gasteiger partial charge in [0.25, 0.3) is 0 Å². The first-order valence-corrected chi connectivity index (χ1v) is 15.4. The number of rotatable bonds is 11. The first-order chi connectivity index (χ1) is 23.3. The maximum Gasteiger partial charge on any atom is 0.509 e. The largest absolute Gasteiger partial charge is 0.509 e. The highest BCUT2D eigenvalue weighted by Crippen LogP contribution is 2.44. The summed E-state index contributed by atoms with van der Waals surface area (Å²) in [5.74, 6) is -6.87. The molecule has 0 bridgehead atoms. The van der Waals surface area contributed by atoms with Crippen molar-refractivity contribution >= 4 is 41.9 Å². The van der Waals surface area contributed by atoms with E-state index in [4.69, 9.17) is 28.4 Å². The summed E-state index contributed by atoms with van der Waals surface area (Å²) in [6.45, 7) is 11.4.